The minimum Gasteiger partial charge on any atom is -0.366 e. The number of nitro groups is 1. The number of hydrogen-bond acceptors (Lipinski definition) is 5. The van der Waals surface area contributed by atoms with Crippen LogP contribution in [0.1, 0.15) is 36.2 Å². The van der Waals surface area contributed by atoms with Crippen molar-refractivity contribution in [1.29, 1.82) is 5.26 Å². The van der Waals surface area contributed by atoms with E-state index in [4.69, 9.17) is 0 Å². The lowest BCUT2D eigenvalue weighted by Gasteiger charge is -2.28. The molecule has 0 radical (unpaired) electrons. The van der Waals surface area contributed by atoms with Gasteiger partial charge < -0.3 is 14.8 Å². The highest BCUT2D eigenvalue weighted by Gasteiger charge is 2.23. The van der Waals surface area contributed by atoms with Gasteiger partial charge in [0.25, 0.3) is 11.6 Å². The maximum Gasteiger partial charge on any atom is 0.294 e. The first-order valence-corrected chi connectivity index (χ1v) is 11.7. The van der Waals surface area contributed by atoms with E-state index in [0.717, 1.165) is 43.7 Å². The second-order valence-electron chi connectivity index (χ2n) is 8.77. The van der Waals surface area contributed by atoms with Gasteiger partial charge in [-0.2, -0.15) is 5.26 Å². The molecule has 0 aliphatic carbocycles. The van der Waals surface area contributed by atoms with Gasteiger partial charge in [-0.25, -0.2) is 4.39 Å². The summed E-state index contributed by atoms with van der Waals surface area (Å²) in [7, 11) is 0. The van der Waals surface area contributed by atoms with Crippen LogP contribution in [-0.2, 0) is 4.79 Å². The molecule has 184 valence electrons. The Kier molecular flexibility index (Phi) is 7.15. The molecule has 1 fully saturated rings. The smallest absolute Gasteiger partial charge is 0.294 e. The zero-order chi connectivity index (χ0) is 25.8. The van der Waals surface area contributed by atoms with Crippen molar-refractivity contribution in [1.82, 2.24) is 4.57 Å². The number of piperidine rings is 1. The predicted octanol–water partition coefficient (Wildman–Crippen LogP) is 5.68. The van der Waals surface area contributed by atoms with Gasteiger partial charge in [-0.1, -0.05) is 0 Å². The van der Waals surface area contributed by atoms with E-state index in [9.17, 15) is 24.6 Å². The number of amides is 1. The van der Waals surface area contributed by atoms with Crippen LogP contribution in [0.3, 0.4) is 0 Å². The molecule has 1 aromatic heterocycles. The highest BCUT2D eigenvalue weighted by Crippen LogP contribution is 2.34. The minimum atomic E-state index is -0.615. The Balaban J connectivity index is 1.66. The summed E-state index contributed by atoms with van der Waals surface area (Å²) >= 11 is 0. The van der Waals surface area contributed by atoms with Crippen LogP contribution in [0.5, 0.6) is 0 Å². The van der Waals surface area contributed by atoms with E-state index in [1.807, 2.05) is 36.6 Å². The van der Waals surface area contributed by atoms with Crippen molar-refractivity contribution >= 4 is 29.0 Å². The van der Waals surface area contributed by atoms with Crippen molar-refractivity contribution in [2.75, 3.05) is 23.3 Å². The van der Waals surface area contributed by atoms with Crippen LogP contribution < -0.4 is 10.2 Å². The fraction of sp³-hybridized carbons (Fsp3) is 0.259. The lowest BCUT2D eigenvalue weighted by Crippen LogP contribution is -2.30. The van der Waals surface area contributed by atoms with Crippen LogP contribution in [0, 0.1) is 41.1 Å². The summed E-state index contributed by atoms with van der Waals surface area (Å²) in [6, 6.07) is 14.2. The first-order chi connectivity index (χ1) is 17.3. The van der Waals surface area contributed by atoms with Crippen molar-refractivity contribution in [3.8, 4) is 11.8 Å². The average Bonchev–Trinajstić information content (AvgIpc) is 3.16. The number of aromatic nitrogens is 1. The quantitative estimate of drug-likeness (QED) is 0.209. The molecule has 0 bridgehead atoms. The summed E-state index contributed by atoms with van der Waals surface area (Å²) in [5.74, 6) is -1.05. The van der Waals surface area contributed by atoms with E-state index in [1.165, 1.54) is 30.3 Å². The molecule has 3 aromatic rings. The molecular formula is C27H26FN5O3. The van der Waals surface area contributed by atoms with Crippen LogP contribution in [0.4, 0.5) is 21.5 Å². The molecule has 1 aliphatic rings. The third kappa shape index (κ3) is 5.13. The van der Waals surface area contributed by atoms with Crippen molar-refractivity contribution in [3.05, 3.63) is 87.0 Å². The summed E-state index contributed by atoms with van der Waals surface area (Å²) in [6.45, 7) is 5.29. The number of nitrogens with zero attached hydrogens (tertiary/aromatic N) is 4. The largest absolute Gasteiger partial charge is 0.366 e. The van der Waals surface area contributed by atoms with Gasteiger partial charge in [-0.3, -0.25) is 14.9 Å². The maximum absolute atomic E-state index is 13.1. The Morgan fingerprint density at radius 3 is 2.44 bits per heavy atom. The summed E-state index contributed by atoms with van der Waals surface area (Å²) in [6.07, 6.45) is 4.64. The number of anilines is 2. The number of rotatable bonds is 6. The topological polar surface area (TPSA) is 104 Å². The van der Waals surface area contributed by atoms with Gasteiger partial charge in [0.2, 0.25) is 0 Å². The molecule has 8 nitrogen and oxygen atoms in total. The summed E-state index contributed by atoms with van der Waals surface area (Å²) < 4.78 is 15.0. The van der Waals surface area contributed by atoms with Crippen LogP contribution in [-0.4, -0.2) is 28.5 Å². The number of hydrogen-bond donors (Lipinski definition) is 1. The molecular weight excluding hydrogens is 461 g/mol. The van der Waals surface area contributed by atoms with Crippen molar-refractivity contribution in [2.24, 2.45) is 0 Å². The number of carbonyl (C=O) groups is 1. The Bertz CT molecular complexity index is 1380. The van der Waals surface area contributed by atoms with Crippen molar-refractivity contribution in [3.63, 3.8) is 0 Å². The number of benzene rings is 2. The van der Waals surface area contributed by atoms with Crippen LogP contribution in [0.25, 0.3) is 11.8 Å². The first-order valence-electron chi connectivity index (χ1n) is 11.7. The lowest BCUT2D eigenvalue weighted by molar-refractivity contribution is -0.384. The van der Waals surface area contributed by atoms with Gasteiger partial charge in [-0.05, 0) is 87.2 Å². The minimum absolute atomic E-state index is 0.0513. The van der Waals surface area contributed by atoms with Gasteiger partial charge >= 0.3 is 0 Å². The molecule has 1 aliphatic heterocycles. The first kappa shape index (κ1) is 24.7. The molecule has 0 atom stereocenters. The summed E-state index contributed by atoms with van der Waals surface area (Å²) in [4.78, 5) is 26.3. The van der Waals surface area contributed by atoms with Gasteiger partial charge in [0.1, 0.15) is 23.1 Å². The monoisotopic (exact) mass is 487 g/mol. The molecule has 2 heterocycles. The third-order valence-corrected chi connectivity index (χ3v) is 6.35. The van der Waals surface area contributed by atoms with Gasteiger partial charge in [0.05, 0.1) is 10.6 Å². The second kappa shape index (κ2) is 10.4. The van der Waals surface area contributed by atoms with Crippen molar-refractivity contribution < 1.29 is 14.1 Å². The van der Waals surface area contributed by atoms with Crippen LogP contribution >= 0.6 is 0 Å². The standard InChI is InChI=1S/C27H26FN5O3/c1-18-14-20(15-21(17-29)27(34)30-23-8-6-22(28)7-9-23)19(2)32(18)24-10-11-25(26(16-24)33(35)36)31-12-4-3-5-13-31/h6-11,14-16H,3-5,12-13H2,1-2H3,(H,30,34)/b21-15-. The molecule has 0 spiro atoms. The molecule has 1 amide bonds. The lowest BCUT2D eigenvalue weighted by atomic mass is 10.1. The summed E-state index contributed by atoms with van der Waals surface area (Å²) in [5, 5.41) is 24.1. The predicted molar refractivity (Wildman–Crippen MR) is 137 cm³/mol. The van der Waals surface area contributed by atoms with Crippen LogP contribution in [0.15, 0.2) is 54.1 Å². The van der Waals surface area contributed by atoms with E-state index in [1.54, 1.807) is 12.1 Å². The Morgan fingerprint density at radius 2 is 1.81 bits per heavy atom. The third-order valence-electron chi connectivity index (χ3n) is 6.35. The fourth-order valence-corrected chi connectivity index (χ4v) is 4.57. The van der Waals surface area contributed by atoms with E-state index < -0.39 is 11.7 Å². The number of aryl methyl sites for hydroxylation is 1. The maximum atomic E-state index is 13.1. The molecule has 0 saturated carbocycles. The molecule has 1 N–H and O–H groups in total. The molecule has 4 rings (SSSR count). The fourth-order valence-electron chi connectivity index (χ4n) is 4.57. The molecule has 9 heteroatoms. The second-order valence-corrected chi connectivity index (χ2v) is 8.77. The number of halogens is 1. The molecule has 36 heavy (non-hydrogen) atoms. The SMILES string of the molecule is Cc1cc(/C=C(/C#N)C(=O)Nc2ccc(F)cc2)c(C)n1-c1ccc(N2CCCCC2)c([N+](=O)[O-])c1. The van der Waals surface area contributed by atoms with E-state index >= 15 is 0 Å². The average molecular weight is 488 g/mol. The van der Waals surface area contributed by atoms with E-state index in [0.29, 0.717) is 22.6 Å². The number of nitro benzene ring substituents is 1. The number of carbonyl (C=O) groups excluding carboxylic acids is 1. The zero-order valence-electron chi connectivity index (χ0n) is 20.1. The number of nitrogens with one attached hydrogen (secondary N) is 1. The highest BCUT2D eigenvalue weighted by molar-refractivity contribution is 6.09. The molecule has 2 aromatic carbocycles. The van der Waals surface area contributed by atoms with Gasteiger partial charge in [0, 0.05) is 36.2 Å². The summed E-state index contributed by atoms with van der Waals surface area (Å²) in [5.41, 5.74) is 3.73. The highest BCUT2D eigenvalue weighted by atomic mass is 19.1. The number of nitriles is 1. The molecule has 1 saturated heterocycles. The Hall–Kier alpha value is -4.45. The van der Waals surface area contributed by atoms with E-state index in [2.05, 4.69) is 10.2 Å². The van der Waals surface area contributed by atoms with Gasteiger partial charge in [-0.15, -0.1) is 0 Å². The van der Waals surface area contributed by atoms with Crippen molar-refractivity contribution in [2.45, 2.75) is 33.1 Å². The van der Waals surface area contributed by atoms with Crippen LogP contribution in [0.2, 0.25) is 0 Å². The zero-order valence-corrected chi connectivity index (χ0v) is 20.1. The van der Waals surface area contributed by atoms with E-state index in [-0.39, 0.29) is 16.2 Å². The normalized spacial score (nSPS) is 13.8. The Labute approximate surface area is 208 Å². The molecule has 0 unspecified atom stereocenters. The van der Waals surface area contributed by atoms with Gasteiger partial charge in [0.15, 0.2) is 0 Å². The Morgan fingerprint density at radius 1 is 1.11 bits per heavy atom.